The third-order valence-corrected chi connectivity index (χ3v) is 5.73. The van der Waals surface area contributed by atoms with Crippen LogP contribution < -0.4 is 25.5 Å². The molecule has 1 aliphatic heterocycles. The van der Waals surface area contributed by atoms with E-state index in [0.29, 0.717) is 29.4 Å². The summed E-state index contributed by atoms with van der Waals surface area (Å²) in [7, 11) is 1.28. The molecule has 35 heavy (non-hydrogen) atoms. The maximum absolute atomic E-state index is 12.3. The first-order valence-electron chi connectivity index (χ1n) is 10.8. The predicted molar refractivity (Wildman–Crippen MR) is 133 cm³/mol. The highest BCUT2D eigenvalue weighted by Gasteiger charge is 2.32. The molecule has 10 nitrogen and oxygen atoms in total. The van der Waals surface area contributed by atoms with Crippen LogP contribution in [0.25, 0.3) is 0 Å². The lowest BCUT2D eigenvalue weighted by atomic mass is 9.95. The van der Waals surface area contributed by atoms with Crippen molar-refractivity contribution in [1.29, 1.82) is 0 Å². The van der Waals surface area contributed by atoms with Gasteiger partial charge < -0.3 is 30.0 Å². The third-order valence-electron chi connectivity index (χ3n) is 5.00. The molecule has 186 valence electrons. The van der Waals surface area contributed by atoms with E-state index < -0.39 is 24.3 Å². The number of carbonyl (C=O) groups is 2. The number of hydrazone groups is 1. The van der Waals surface area contributed by atoms with Gasteiger partial charge in [0.1, 0.15) is 6.61 Å². The first-order valence-corrected chi connectivity index (χ1v) is 11.6. The van der Waals surface area contributed by atoms with E-state index in [0.717, 1.165) is 10.0 Å². The molecule has 4 N–H and O–H groups in total. The molecule has 0 saturated carbocycles. The van der Waals surface area contributed by atoms with Crippen molar-refractivity contribution in [1.82, 2.24) is 16.1 Å². The molecule has 2 aromatic rings. The molecule has 0 aliphatic carbocycles. The average Bonchev–Trinajstić information content (AvgIpc) is 2.83. The van der Waals surface area contributed by atoms with E-state index in [1.165, 1.54) is 7.11 Å². The van der Waals surface area contributed by atoms with Gasteiger partial charge in [0, 0.05) is 15.7 Å². The number of methoxy groups -OCH3 is 1. The molecule has 0 aromatic heterocycles. The van der Waals surface area contributed by atoms with Crippen molar-refractivity contribution in [2.75, 3.05) is 20.3 Å². The van der Waals surface area contributed by atoms with Crippen LogP contribution in [0.5, 0.6) is 11.5 Å². The summed E-state index contributed by atoms with van der Waals surface area (Å²) in [4.78, 5) is 24.4. The van der Waals surface area contributed by atoms with E-state index in [1.807, 2.05) is 31.2 Å². The van der Waals surface area contributed by atoms with Gasteiger partial charge in [-0.2, -0.15) is 5.10 Å². The SMILES string of the molecule is CCOc1cc([C@H]2NC(=O)NC(C)=C2C(=O)OC)ccc1OC[C@H](O)N/N=C\c1ccccc1Br. The van der Waals surface area contributed by atoms with Crippen molar-refractivity contribution in [3.63, 3.8) is 0 Å². The van der Waals surface area contributed by atoms with Gasteiger partial charge in [-0.15, -0.1) is 0 Å². The van der Waals surface area contributed by atoms with E-state index in [4.69, 9.17) is 14.2 Å². The van der Waals surface area contributed by atoms with Gasteiger partial charge in [-0.25, -0.2) is 9.59 Å². The number of ether oxygens (including phenoxy) is 3. The highest BCUT2D eigenvalue weighted by Crippen LogP contribution is 2.34. The van der Waals surface area contributed by atoms with E-state index in [1.54, 1.807) is 31.3 Å². The molecule has 3 rings (SSSR count). The van der Waals surface area contributed by atoms with Crippen LogP contribution in [0.1, 0.15) is 31.0 Å². The molecule has 0 saturated heterocycles. The van der Waals surface area contributed by atoms with Crippen molar-refractivity contribution >= 4 is 34.1 Å². The van der Waals surface area contributed by atoms with Crippen LogP contribution >= 0.6 is 15.9 Å². The number of benzene rings is 2. The molecular formula is C24H27BrN4O6. The van der Waals surface area contributed by atoms with Crippen LogP contribution in [0.15, 0.2) is 63.3 Å². The van der Waals surface area contributed by atoms with Crippen LogP contribution in [-0.2, 0) is 9.53 Å². The average molecular weight is 547 g/mol. The molecule has 0 spiro atoms. The van der Waals surface area contributed by atoms with Gasteiger partial charge in [0.25, 0.3) is 0 Å². The van der Waals surface area contributed by atoms with Gasteiger partial charge in [0.2, 0.25) is 0 Å². The summed E-state index contributed by atoms with van der Waals surface area (Å²) >= 11 is 3.43. The largest absolute Gasteiger partial charge is 0.490 e. The van der Waals surface area contributed by atoms with Crippen molar-refractivity contribution in [2.45, 2.75) is 26.1 Å². The number of hydrogen-bond acceptors (Lipinski definition) is 8. The monoisotopic (exact) mass is 546 g/mol. The fourth-order valence-corrected chi connectivity index (χ4v) is 3.78. The zero-order valence-electron chi connectivity index (χ0n) is 19.5. The number of esters is 1. The van der Waals surface area contributed by atoms with Crippen molar-refractivity contribution in [3.05, 3.63) is 69.3 Å². The molecule has 0 bridgehead atoms. The summed E-state index contributed by atoms with van der Waals surface area (Å²) in [5.74, 6) is 0.214. The topological polar surface area (TPSA) is 131 Å². The fourth-order valence-electron chi connectivity index (χ4n) is 3.39. The zero-order valence-corrected chi connectivity index (χ0v) is 21.1. The van der Waals surface area contributed by atoms with Gasteiger partial charge in [-0.1, -0.05) is 40.2 Å². The Morgan fingerprint density at radius 3 is 2.74 bits per heavy atom. The summed E-state index contributed by atoms with van der Waals surface area (Å²) in [6.07, 6.45) is 0.498. The van der Waals surface area contributed by atoms with Gasteiger partial charge in [0.05, 0.1) is 31.5 Å². The summed E-state index contributed by atoms with van der Waals surface area (Å²) in [5.41, 5.74) is 4.74. The number of nitrogens with one attached hydrogen (secondary N) is 3. The number of rotatable bonds is 10. The number of allylic oxidation sites excluding steroid dienone is 1. The van der Waals surface area contributed by atoms with E-state index in [2.05, 4.69) is 37.1 Å². The third kappa shape index (κ3) is 6.74. The first-order chi connectivity index (χ1) is 16.8. The normalized spacial score (nSPS) is 16.4. The van der Waals surface area contributed by atoms with Crippen molar-refractivity contribution in [3.8, 4) is 11.5 Å². The van der Waals surface area contributed by atoms with Gasteiger partial charge >= 0.3 is 12.0 Å². The number of carbonyl (C=O) groups excluding carboxylic acids is 2. The number of nitrogens with zero attached hydrogens (tertiary/aromatic N) is 1. The lowest BCUT2D eigenvalue weighted by Gasteiger charge is -2.28. The maximum Gasteiger partial charge on any atom is 0.337 e. The summed E-state index contributed by atoms with van der Waals surface area (Å²) < 4.78 is 17.2. The van der Waals surface area contributed by atoms with E-state index in [9.17, 15) is 14.7 Å². The van der Waals surface area contributed by atoms with E-state index >= 15 is 0 Å². The second-order valence-electron chi connectivity index (χ2n) is 7.44. The van der Waals surface area contributed by atoms with Crippen LogP contribution in [0.2, 0.25) is 0 Å². The molecule has 2 amide bonds. The van der Waals surface area contributed by atoms with Crippen LogP contribution in [0, 0.1) is 0 Å². The molecular weight excluding hydrogens is 520 g/mol. The standard InChI is InChI=1S/C24H27BrN4O6/c1-4-34-19-11-15(22-21(23(31)33-3)14(2)27-24(32)28-22)9-10-18(19)35-13-20(30)29-26-12-16-7-5-6-8-17(16)25/h5-12,20,22,29-30H,4,13H2,1-3H3,(H2,27,28,32)/b26-12-/t20-,22+/m0/s1. The van der Waals surface area contributed by atoms with Crippen LogP contribution in [0.4, 0.5) is 4.79 Å². The van der Waals surface area contributed by atoms with Gasteiger partial charge in [0.15, 0.2) is 17.7 Å². The van der Waals surface area contributed by atoms with Gasteiger partial charge in [-0.05, 0) is 37.6 Å². The van der Waals surface area contributed by atoms with E-state index in [-0.39, 0.29) is 12.2 Å². The lowest BCUT2D eigenvalue weighted by Crippen LogP contribution is -2.45. The smallest absolute Gasteiger partial charge is 0.337 e. The second-order valence-corrected chi connectivity index (χ2v) is 8.29. The van der Waals surface area contributed by atoms with Crippen molar-refractivity contribution < 1.29 is 28.9 Å². The Kier molecular flexibility index (Phi) is 9.10. The number of aliphatic hydroxyl groups is 1. The fraction of sp³-hybridized carbons (Fsp3) is 0.292. The van der Waals surface area contributed by atoms with Crippen molar-refractivity contribution in [2.24, 2.45) is 5.10 Å². The molecule has 1 heterocycles. The minimum Gasteiger partial charge on any atom is -0.490 e. The molecule has 2 atom stereocenters. The molecule has 1 aliphatic rings. The van der Waals surface area contributed by atoms with Gasteiger partial charge in [-0.3, -0.25) is 5.43 Å². The Morgan fingerprint density at radius 1 is 1.26 bits per heavy atom. The molecule has 11 heteroatoms. The Bertz CT molecular complexity index is 1140. The molecule has 0 radical (unpaired) electrons. The highest BCUT2D eigenvalue weighted by atomic mass is 79.9. The zero-order chi connectivity index (χ0) is 25.4. The number of hydrogen-bond donors (Lipinski definition) is 4. The Hall–Kier alpha value is -3.57. The Morgan fingerprint density at radius 2 is 2.03 bits per heavy atom. The predicted octanol–water partition coefficient (Wildman–Crippen LogP) is 2.97. The second kappa shape index (κ2) is 12.2. The number of urea groups is 1. The molecule has 0 unspecified atom stereocenters. The maximum atomic E-state index is 12.3. The number of halogens is 1. The molecule has 2 aromatic carbocycles. The van der Waals surface area contributed by atoms with Crippen LogP contribution in [0.3, 0.4) is 0 Å². The Balaban J connectivity index is 1.72. The number of amides is 2. The lowest BCUT2D eigenvalue weighted by molar-refractivity contribution is -0.136. The summed E-state index contributed by atoms with van der Waals surface area (Å²) in [6, 6.07) is 11.4. The minimum absolute atomic E-state index is 0.108. The quantitative estimate of drug-likeness (QED) is 0.156. The first kappa shape index (κ1) is 26.0. The van der Waals surface area contributed by atoms with Crippen LogP contribution in [-0.4, -0.2) is 49.9 Å². The summed E-state index contributed by atoms with van der Waals surface area (Å²) in [5, 5.41) is 19.6. The highest BCUT2D eigenvalue weighted by molar-refractivity contribution is 9.10. The minimum atomic E-state index is -1.08. The summed E-state index contributed by atoms with van der Waals surface area (Å²) in [6.45, 7) is 3.70. The Labute approximate surface area is 211 Å². The number of aliphatic hydroxyl groups excluding tert-OH is 1. The molecule has 0 fully saturated rings.